The van der Waals surface area contributed by atoms with Gasteiger partial charge < -0.3 is 10.2 Å². The fourth-order valence-electron chi connectivity index (χ4n) is 5.99. The number of benzene rings is 6. The average molecular weight is 920 g/mol. The summed E-state index contributed by atoms with van der Waals surface area (Å²) in [5.41, 5.74) is 6.14. The van der Waals surface area contributed by atoms with Crippen molar-refractivity contribution in [2.24, 2.45) is 0 Å². The fourth-order valence-corrected chi connectivity index (χ4v) is 5.99. The molecular weight excluding hydrogens is 885 g/mol. The molecule has 1 heterocycles. The molecule has 0 spiro atoms. The van der Waals surface area contributed by atoms with Gasteiger partial charge in [0.25, 0.3) is 0 Å². The molecule has 1 aromatic heterocycles. The van der Waals surface area contributed by atoms with Crippen LogP contribution >= 0.6 is 20.3 Å². The molecule has 0 saturated heterocycles. The molecule has 0 N–H and O–H groups in total. The van der Waals surface area contributed by atoms with Crippen LogP contribution < -0.4 is 10.2 Å². The summed E-state index contributed by atoms with van der Waals surface area (Å²) >= 11 is 6.07. The summed E-state index contributed by atoms with van der Waals surface area (Å²) in [6.45, 7) is 3.77. The predicted octanol–water partition coefficient (Wildman–Crippen LogP) is 9.89. The van der Waals surface area contributed by atoms with Gasteiger partial charge in [0.15, 0.2) is 0 Å². The normalized spacial score (nSPS) is 9.97. The Hall–Kier alpha value is -6.13. The quantitative estimate of drug-likeness (QED) is 0.167. The SMILES string of the molecule is Cc1cc2cnnc(-c3ccccc3)c(-c3ccccc3)nncc3cc(C)cc(cnnc(-c4ccccc4)c(-c4ccccc4)nncc(c1)c2[O-])c3[O-].[Cl][Co+].[Cl][Co+]. The molecule has 302 valence electrons. The van der Waals surface area contributed by atoms with Gasteiger partial charge in [-0.15, -0.1) is 20.4 Å². The molecule has 0 radical (unpaired) electrons. The van der Waals surface area contributed by atoms with Crippen LogP contribution in [0, 0.1) is 13.8 Å². The second kappa shape index (κ2) is 23.5. The van der Waals surface area contributed by atoms with Crippen LogP contribution in [0.25, 0.3) is 66.6 Å². The van der Waals surface area contributed by atoms with E-state index in [4.69, 9.17) is 0 Å². The topological polar surface area (TPSA) is 149 Å². The Morgan fingerprint density at radius 1 is 0.350 bits per heavy atom. The van der Waals surface area contributed by atoms with Crippen molar-refractivity contribution in [3.8, 4) is 56.5 Å². The Balaban J connectivity index is 0.00000166. The monoisotopic (exact) mass is 918 g/mol. The average Bonchev–Trinajstić information content (AvgIpc) is 3.29. The first-order valence-electron chi connectivity index (χ1n) is 18.0. The number of aryl methyl sites for hydroxylation is 2. The second-order valence-corrected chi connectivity index (χ2v) is 12.8. The standard InChI is InChI=1S/C46H36N8O2.2ClH.2Co/c1-31-23-37-27-47-51-41(33-15-7-3-8-16-33)43(35-19-11-5-12-20-35)53-49-29-39-25-32(2)26-40(46(39)56)30-50-54-44(36-21-13-6-14-22-36)42(34-17-9-4-10-18-34)52-48-28-38(24-31)45(37)55;;;;/h3-30,55-56H,1-2H3;2*1H;;/q;;;2*+2/p-4. The van der Waals surface area contributed by atoms with Crippen molar-refractivity contribution in [3.63, 3.8) is 0 Å². The van der Waals surface area contributed by atoms with Crippen molar-refractivity contribution in [2.45, 2.75) is 13.8 Å². The minimum absolute atomic E-state index is 0.300. The molecule has 4 bridgehead atoms. The molecule has 0 aliphatic heterocycles. The summed E-state index contributed by atoms with van der Waals surface area (Å²) < 4.78 is 0. The Morgan fingerprint density at radius 3 is 0.750 bits per heavy atom. The first-order chi connectivity index (χ1) is 29.4. The molecule has 0 unspecified atom stereocenters. The van der Waals surface area contributed by atoms with Crippen LogP contribution in [0.15, 0.2) is 170 Å². The summed E-state index contributed by atoms with van der Waals surface area (Å²) in [5.74, 6) is -0.600. The molecule has 0 atom stereocenters. The second-order valence-electron chi connectivity index (χ2n) is 12.8. The van der Waals surface area contributed by atoms with Crippen molar-refractivity contribution in [3.05, 3.63) is 182 Å². The molecule has 0 saturated carbocycles. The molecule has 6 aromatic carbocycles. The van der Waals surface area contributed by atoms with E-state index in [1.165, 1.54) is 24.8 Å². The van der Waals surface area contributed by atoms with Gasteiger partial charge >= 0.3 is 50.0 Å². The van der Waals surface area contributed by atoms with Gasteiger partial charge in [0, 0.05) is 22.3 Å². The number of nitrogens with zero attached hydrogens (tertiary/aromatic N) is 8. The maximum absolute atomic E-state index is 13.8. The van der Waals surface area contributed by atoms with E-state index in [0.717, 1.165) is 33.4 Å². The number of rotatable bonds is 4. The predicted molar refractivity (Wildman–Crippen MR) is 227 cm³/mol. The molecule has 7 rings (SSSR count). The van der Waals surface area contributed by atoms with E-state index < -0.39 is 0 Å². The zero-order valence-electron chi connectivity index (χ0n) is 32.0. The van der Waals surface area contributed by atoms with Crippen LogP contribution in [0.3, 0.4) is 0 Å². The molecule has 7 aromatic rings. The van der Waals surface area contributed by atoms with Gasteiger partial charge in [-0.1, -0.05) is 157 Å². The van der Waals surface area contributed by atoms with Gasteiger partial charge in [0.05, 0.1) is 24.8 Å². The van der Waals surface area contributed by atoms with E-state index in [1.807, 2.05) is 135 Å². The van der Waals surface area contributed by atoms with Gasteiger partial charge in [0.1, 0.15) is 22.8 Å². The van der Waals surface area contributed by atoms with Crippen LogP contribution in [0.4, 0.5) is 0 Å². The molecule has 14 heteroatoms. The van der Waals surface area contributed by atoms with Crippen molar-refractivity contribution >= 4 is 41.8 Å². The van der Waals surface area contributed by atoms with Crippen LogP contribution in [0.5, 0.6) is 11.5 Å². The first-order valence-corrected chi connectivity index (χ1v) is 20.9. The van der Waals surface area contributed by atoms with Gasteiger partial charge in [-0.25, -0.2) is 0 Å². The Labute approximate surface area is 372 Å². The van der Waals surface area contributed by atoms with Crippen molar-refractivity contribution < 1.29 is 39.9 Å². The van der Waals surface area contributed by atoms with E-state index >= 15 is 0 Å². The molecule has 0 fully saturated rings. The van der Waals surface area contributed by atoms with Crippen LogP contribution in [-0.4, -0.2) is 40.8 Å². The van der Waals surface area contributed by atoms with E-state index in [-0.39, 0.29) is 11.5 Å². The molecule has 60 heavy (non-hydrogen) atoms. The molecular formula is C46H34Cl2Co2N8O2. The number of hydrogen-bond acceptors (Lipinski definition) is 10. The van der Waals surface area contributed by atoms with Crippen molar-refractivity contribution in [1.82, 2.24) is 40.8 Å². The van der Waals surface area contributed by atoms with E-state index in [2.05, 4.69) is 90.8 Å². The van der Waals surface area contributed by atoms with Crippen molar-refractivity contribution in [1.29, 1.82) is 0 Å². The van der Waals surface area contributed by atoms with Crippen LogP contribution in [0.1, 0.15) is 11.1 Å². The molecule has 0 aliphatic carbocycles. The maximum atomic E-state index is 13.8. The van der Waals surface area contributed by atoms with E-state index in [0.29, 0.717) is 44.3 Å². The zero-order chi connectivity index (χ0) is 42.7. The van der Waals surface area contributed by atoms with Gasteiger partial charge in [0.2, 0.25) is 0 Å². The zero-order valence-corrected chi connectivity index (χ0v) is 35.6. The van der Waals surface area contributed by atoms with Crippen molar-refractivity contribution in [2.75, 3.05) is 0 Å². The number of fused-ring (bicyclic) bond motifs is 4. The third-order valence-corrected chi connectivity index (χ3v) is 8.64. The summed E-state index contributed by atoms with van der Waals surface area (Å²) in [4.78, 5) is 0. The molecule has 0 amide bonds. The molecule has 10 nitrogen and oxygen atoms in total. The summed E-state index contributed by atoms with van der Waals surface area (Å²) in [6, 6.07) is 44.7. The van der Waals surface area contributed by atoms with Crippen LogP contribution in [0.2, 0.25) is 0 Å². The Kier molecular flexibility index (Phi) is 17.6. The van der Waals surface area contributed by atoms with E-state index in [1.54, 1.807) is 24.3 Å². The summed E-state index contributed by atoms with van der Waals surface area (Å²) in [5, 5.41) is 65.0. The molecule has 0 aliphatic rings. The fraction of sp³-hybridized carbons (Fsp3) is 0.0435. The summed E-state index contributed by atoms with van der Waals surface area (Å²) in [7, 11) is 8.65. The number of halogens is 2. The van der Waals surface area contributed by atoms with Gasteiger partial charge in [-0.05, 0) is 46.5 Å². The minimum atomic E-state index is -0.300. The Morgan fingerprint density at radius 2 is 0.550 bits per heavy atom. The van der Waals surface area contributed by atoms with E-state index in [9.17, 15) is 10.2 Å². The number of hydrogen-bond donors (Lipinski definition) is 0. The van der Waals surface area contributed by atoms with Gasteiger partial charge in [-0.2, -0.15) is 20.4 Å². The third-order valence-electron chi connectivity index (χ3n) is 8.64. The first kappa shape index (κ1) is 45.0. The van der Waals surface area contributed by atoms with Crippen LogP contribution in [-0.2, 0) is 29.7 Å². The van der Waals surface area contributed by atoms with Gasteiger partial charge in [-0.3, -0.25) is 0 Å². The number of aromatic nitrogens is 8. The summed E-state index contributed by atoms with van der Waals surface area (Å²) in [6.07, 6.45) is 5.68. The third kappa shape index (κ3) is 12.0. The Bertz CT molecular complexity index is 2390.